The summed E-state index contributed by atoms with van der Waals surface area (Å²) in [5.74, 6) is 0.696. The Balaban J connectivity index is 2.07. The molecule has 1 atom stereocenters. The van der Waals surface area contributed by atoms with Crippen molar-refractivity contribution in [3.05, 3.63) is 35.1 Å². The third-order valence-corrected chi connectivity index (χ3v) is 4.17. The Morgan fingerprint density at radius 2 is 2.00 bits per heavy atom. The lowest BCUT2D eigenvalue weighted by Gasteiger charge is -2.27. The molecule has 1 N–H and O–H groups in total. The van der Waals surface area contributed by atoms with Crippen LogP contribution in [0.2, 0.25) is 0 Å². The van der Waals surface area contributed by atoms with Crippen molar-refractivity contribution in [2.75, 3.05) is 7.05 Å². The Morgan fingerprint density at radius 1 is 1.28 bits per heavy atom. The van der Waals surface area contributed by atoms with Crippen LogP contribution in [0.25, 0.3) is 0 Å². The van der Waals surface area contributed by atoms with Crippen molar-refractivity contribution in [2.24, 2.45) is 5.92 Å². The monoisotopic (exact) mass is 249 g/mol. The third-order valence-electron chi connectivity index (χ3n) is 4.17. The van der Waals surface area contributed by atoms with Gasteiger partial charge in [-0.25, -0.2) is 4.39 Å². The van der Waals surface area contributed by atoms with E-state index in [0.717, 1.165) is 23.5 Å². The van der Waals surface area contributed by atoms with Gasteiger partial charge in [-0.3, -0.25) is 0 Å². The van der Waals surface area contributed by atoms with Crippen LogP contribution >= 0.6 is 0 Å². The van der Waals surface area contributed by atoms with E-state index >= 15 is 0 Å². The van der Waals surface area contributed by atoms with E-state index in [2.05, 4.69) is 5.32 Å². The van der Waals surface area contributed by atoms with Gasteiger partial charge in [-0.1, -0.05) is 44.2 Å². The molecule has 1 fully saturated rings. The molecule has 0 saturated heterocycles. The van der Waals surface area contributed by atoms with E-state index in [1.54, 1.807) is 6.07 Å². The van der Waals surface area contributed by atoms with Crippen molar-refractivity contribution in [1.82, 2.24) is 5.32 Å². The molecule has 100 valence electrons. The number of nitrogens with one attached hydrogen (secondary N) is 1. The van der Waals surface area contributed by atoms with Gasteiger partial charge in [-0.05, 0) is 37.9 Å². The fraction of sp³-hybridized carbons (Fsp3) is 0.625. The summed E-state index contributed by atoms with van der Waals surface area (Å²) in [5, 5.41) is 3.29. The number of benzene rings is 1. The van der Waals surface area contributed by atoms with Gasteiger partial charge in [0.15, 0.2) is 0 Å². The molecule has 1 saturated carbocycles. The highest BCUT2D eigenvalue weighted by atomic mass is 19.1. The van der Waals surface area contributed by atoms with E-state index in [9.17, 15) is 4.39 Å². The second-order valence-electron chi connectivity index (χ2n) is 5.61. The molecular weight excluding hydrogens is 225 g/mol. The van der Waals surface area contributed by atoms with Gasteiger partial charge in [0.05, 0.1) is 0 Å². The van der Waals surface area contributed by atoms with Crippen molar-refractivity contribution in [3.63, 3.8) is 0 Å². The predicted molar refractivity (Wildman–Crippen MR) is 74.1 cm³/mol. The second-order valence-corrected chi connectivity index (χ2v) is 5.61. The lowest BCUT2D eigenvalue weighted by atomic mass is 9.83. The molecular formula is C16H24FN. The van der Waals surface area contributed by atoms with Gasteiger partial charge < -0.3 is 5.32 Å². The summed E-state index contributed by atoms with van der Waals surface area (Å²) in [5.41, 5.74) is 1.82. The van der Waals surface area contributed by atoms with Crippen LogP contribution in [0.3, 0.4) is 0 Å². The van der Waals surface area contributed by atoms with Gasteiger partial charge in [-0.2, -0.15) is 0 Å². The molecule has 1 unspecified atom stereocenters. The van der Waals surface area contributed by atoms with E-state index in [1.165, 1.54) is 32.1 Å². The van der Waals surface area contributed by atoms with Crippen LogP contribution in [0.5, 0.6) is 0 Å². The summed E-state index contributed by atoms with van der Waals surface area (Å²) in [6.07, 6.45) is 7.75. The number of rotatable bonds is 4. The standard InChI is InChI=1S/C16H24FN/c1-12-8-9-14(15(17)10-12)16(18-2)11-13-6-4-3-5-7-13/h8-10,13,16,18H,3-7,11H2,1-2H3. The van der Waals surface area contributed by atoms with Crippen LogP contribution in [0, 0.1) is 18.7 Å². The third kappa shape index (κ3) is 3.32. The average Bonchev–Trinajstić information content (AvgIpc) is 2.38. The van der Waals surface area contributed by atoms with Crippen LogP contribution in [-0.4, -0.2) is 7.05 Å². The quantitative estimate of drug-likeness (QED) is 0.835. The molecule has 0 spiro atoms. The van der Waals surface area contributed by atoms with Gasteiger partial charge in [-0.15, -0.1) is 0 Å². The molecule has 1 aliphatic carbocycles. The zero-order valence-electron chi connectivity index (χ0n) is 11.5. The Kier molecular flexibility index (Phi) is 4.76. The lowest BCUT2D eigenvalue weighted by Crippen LogP contribution is -2.22. The molecule has 2 rings (SSSR count). The largest absolute Gasteiger partial charge is 0.313 e. The molecule has 0 aliphatic heterocycles. The minimum absolute atomic E-state index is 0.0647. The van der Waals surface area contributed by atoms with Crippen LogP contribution in [0.15, 0.2) is 18.2 Å². The maximum absolute atomic E-state index is 14.0. The first-order valence-electron chi connectivity index (χ1n) is 7.14. The summed E-state index contributed by atoms with van der Waals surface area (Å²) in [7, 11) is 1.94. The SMILES string of the molecule is CNC(CC1CCCCC1)c1ccc(C)cc1F. The Bertz CT molecular complexity index is 383. The normalized spacial score (nSPS) is 18.8. The van der Waals surface area contributed by atoms with E-state index in [0.29, 0.717) is 0 Å². The molecule has 1 aromatic carbocycles. The number of halogens is 1. The Morgan fingerprint density at radius 3 is 2.61 bits per heavy atom. The molecule has 0 radical (unpaired) electrons. The number of hydrogen-bond acceptors (Lipinski definition) is 1. The average molecular weight is 249 g/mol. The molecule has 1 aliphatic rings. The van der Waals surface area contributed by atoms with E-state index in [1.807, 2.05) is 26.1 Å². The zero-order chi connectivity index (χ0) is 13.0. The Hall–Kier alpha value is -0.890. The highest BCUT2D eigenvalue weighted by molar-refractivity contribution is 5.26. The highest BCUT2D eigenvalue weighted by Gasteiger charge is 2.21. The maximum Gasteiger partial charge on any atom is 0.128 e. The number of hydrogen-bond donors (Lipinski definition) is 1. The maximum atomic E-state index is 14.0. The summed E-state index contributed by atoms with van der Waals surface area (Å²) in [6, 6.07) is 5.74. The predicted octanol–water partition coefficient (Wildman–Crippen LogP) is 4.37. The van der Waals surface area contributed by atoms with Crippen LogP contribution in [-0.2, 0) is 0 Å². The molecule has 18 heavy (non-hydrogen) atoms. The van der Waals surface area contributed by atoms with E-state index in [-0.39, 0.29) is 11.9 Å². The summed E-state index contributed by atoms with van der Waals surface area (Å²) in [4.78, 5) is 0. The summed E-state index contributed by atoms with van der Waals surface area (Å²) < 4.78 is 14.0. The molecule has 0 aromatic heterocycles. The number of aryl methyl sites for hydroxylation is 1. The molecule has 1 nitrogen and oxygen atoms in total. The molecule has 0 heterocycles. The minimum Gasteiger partial charge on any atom is -0.313 e. The topological polar surface area (TPSA) is 12.0 Å². The summed E-state index contributed by atoms with van der Waals surface area (Å²) >= 11 is 0. The van der Waals surface area contributed by atoms with E-state index in [4.69, 9.17) is 0 Å². The van der Waals surface area contributed by atoms with Gasteiger partial charge in [0, 0.05) is 11.6 Å². The first-order chi connectivity index (χ1) is 8.70. The second kappa shape index (κ2) is 6.33. The zero-order valence-corrected chi connectivity index (χ0v) is 11.5. The molecule has 0 amide bonds. The van der Waals surface area contributed by atoms with Crippen molar-refractivity contribution in [1.29, 1.82) is 0 Å². The highest BCUT2D eigenvalue weighted by Crippen LogP contribution is 2.32. The van der Waals surface area contributed by atoms with Crippen LogP contribution in [0.1, 0.15) is 55.7 Å². The van der Waals surface area contributed by atoms with Crippen LogP contribution < -0.4 is 5.32 Å². The lowest BCUT2D eigenvalue weighted by molar-refractivity contribution is 0.303. The first-order valence-corrected chi connectivity index (χ1v) is 7.14. The molecule has 1 aromatic rings. The van der Waals surface area contributed by atoms with Crippen molar-refractivity contribution >= 4 is 0 Å². The minimum atomic E-state index is -0.0647. The van der Waals surface area contributed by atoms with Gasteiger partial charge in [0.1, 0.15) is 5.82 Å². The van der Waals surface area contributed by atoms with Crippen LogP contribution in [0.4, 0.5) is 4.39 Å². The molecule has 2 heteroatoms. The van der Waals surface area contributed by atoms with Crippen molar-refractivity contribution in [3.8, 4) is 0 Å². The van der Waals surface area contributed by atoms with Gasteiger partial charge in [0.25, 0.3) is 0 Å². The first kappa shape index (κ1) is 13.5. The molecule has 0 bridgehead atoms. The Labute approximate surface area is 110 Å². The van der Waals surface area contributed by atoms with Gasteiger partial charge in [0.2, 0.25) is 0 Å². The van der Waals surface area contributed by atoms with Crippen molar-refractivity contribution in [2.45, 2.75) is 51.5 Å². The summed E-state index contributed by atoms with van der Waals surface area (Å²) in [6.45, 7) is 1.93. The van der Waals surface area contributed by atoms with E-state index < -0.39 is 0 Å². The van der Waals surface area contributed by atoms with Gasteiger partial charge >= 0.3 is 0 Å². The fourth-order valence-corrected chi connectivity index (χ4v) is 3.07. The smallest absolute Gasteiger partial charge is 0.128 e. The fourth-order valence-electron chi connectivity index (χ4n) is 3.07. The van der Waals surface area contributed by atoms with Crippen molar-refractivity contribution < 1.29 is 4.39 Å².